The van der Waals surface area contributed by atoms with Crippen molar-refractivity contribution in [1.29, 1.82) is 4.78 Å². The summed E-state index contributed by atoms with van der Waals surface area (Å²) >= 11 is 0. The van der Waals surface area contributed by atoms with Crippen LogP contribution in [0.2, 0.25) is 0 Å². The van der Waals surface area contributed by atoms with Gasteiger partial charge in [-0.25, -0.2) is 27.1 Å². The number of methoxy groups -OCH3 is 1. The molecule has 174 valence electrons. The molecule has 3 rings (SSSR count). The first-order valence-corrected chi connectivity index (χ1v) is 11.4. The maximum absolute atomic E-state index is 14.3. The van der Waals surface area contributed by atoms with E-state index in [1.807, 2.05) is 0 Å². The molecule has 0 spiro atoms. The summed E-state index contributed by atoms with van der Waals surface area (Å²) in [5.74, 6) is -3.65. The molecule has 0 unspecified atom stereocenters. The number of ether oxygens (including phenoxy) is 1. The van der Waals surface area contributed by atoms with Gasteiger partial charge in [-0.05, 0) is 30.7 Å². The summed E-state index contributed by atoms with van der Waals surface area (Å²) < 4.78 is 80.1. The van der Waals surface area contributed by atoms with Gasteiger partial charge in [0, 0.05) is 30.1 Å². The Labute approximate surface area is 182 Å². The fourth-order valence-electron chi connectivity index (χ4n) is 3.63. The quantitative estimate of drug-likeness (QED) is 0.620. The van der Waals surface area contributed by atoms with E-state index < -0.39 is 50.9 Å². The van der Waals surface area contributed by atoms with Crippen LogP contribution in [0.4, 0.5) is 28.9 Å². The van der Waals surface area contributed by atoms with Gasteiger partial charge in [-0.2, -0.15) is 4.39 Å². The predicted octanol–water partition coefficient (Wildman–Crippen LogP) is 3.89. The van der Waals surface area contributed by atoms with E-state index in [2.05, 4.69) is 10.3 Å². The highest BCUT2D eigenvalue weighted by atomic mass is 32.2. The number of halogens is 4. The van der Waals surface area contributed by atoms with Crippen LogP contribution in [0, 0.1) is 21.8 Å². The lowest BCUT2D eigenvalue weighted by atomic mass is 9.88. The highest BCUT2D eigenvalue weighted by molar-refractivity contribution is 7.91. The van der Waals surface area contributed by atoms with Gasteiger partial charge in [0.25, 0.3) is 0 Å². The molecule has 2 heterocycles. The summed E-state index contributed by atoms with van der Waals surface area (Å²) in [6, 6.07) is 3.51. The lowest BCUT2D eigenvalue weighted by Crippen LogP contribution is -2.40. The average Bonchev–Trinajstić information content (AvgIpc) is 3.08. The minimum Gasteiger partial charge on any atom is -0.491 e. The monoisotopic (exact) mass is 474 g/mol. The smallest absolute Gasteiger partial charge is 0.247 e. The number of hydrogen-bond acceptors (Lipinski definition) is 6. The van der Waals surface area contributed by atoms with Crippen molar-refractivity contribution in [3.05, 3.63) is 42.1 Å². The maximum atomic E-state index is 14.3. The highest BCUT2D eigenvalue weighted by Gasteiger charge is 2.50. The molecule has 3 atom stereocenters. The second-order valence-electron chi connectivity index (χ2n) is 7.93. The topological polar surface area (TPSA) is 95.4 Å². The van der Waals surface area contributed by atoms with Gasteiger partial charge in [0.05, 0.1) is 22.5 Å². The molecule has 1 aromatic heterocycles. The highest BCUT2D eigenvalue weighted by Crippen LogP contribution is 2.45. The molecule has 1 aliphatic heterocycles. The number of benzene rings is 1. The number of aromatic nitrogens is 1. The molecule has 2 aromatic rings. The zero-order valence-corrected chi connectivity index (χ0v) is 18.3. The Morgan fingerprint density at radius 1 is 1.38 bits per heavy atom. The molecule has 2 N–H and O–H groups in total. The van der Waals surface area contributed by atoms with Gasteiger partial charge >= 0.3 is 0 Å². The minimum absolute atomic E-state index is 0.0333. The van der Waals surface area contributed by atoms with Crippen molar-refractivity contribution in [1.82, 2.24) is 4.98 Å². The molecule has 1 fully saturated rings. The van der Waals surface area contributed by atoms with Crippen LogP contribution in [0.3, 0.4) is 0 Å². The van der Waals surface area contributed by atoms with Crippen LogP contribution in [0.15, 0.2) is 35.5 Å². The number of nitrogens with one attached hydrogen (secondary N) is 2. The molecule has 7 nitrogen and oxygen atoms in total. The van der Waals surface area contributed by atoms with Gasteiger partial charge in [-0.3, -0.25) is 4.79 Å². The summed E-state index contributed by atoms with van der Waals surface area (Å²) in [6.45, 7) is 1.00. The Bertz CT molecular complexity index is 1150. The molecule has 1 saturated heterocycles. The Kier molecular flexibility index (Phi) is 6.36. The lowest BCUT2D eigenvalue weighted by molar-refractivity contribution is -0.117. The van der Waals surface area contributed by atoms with Crippen molar-refractivity contribution >= 4 is 27.0 Å². The van der Waals surface area contributed by atoms with Crippen molar-refractivity contribution in [2.24, 2.45) is 5.41 Å². The van der Waals surface area contributed by atoms with Crippen molar-refractivity contribution in [3.8, 4) is 5.75 Å². The third-order valence-electron chi connectivity index (χ3n) is 5.34. The number of carbonyl (C=O) groups excluding carboxylic acids is 1. The first kappa shape index (κ1) is 23.8. The summed E-state index contributed by atoms with van der Waals surface area (Å²) in [5, 5.41) is 2.50. The molecule has 32 heavy (non-hydrogen) atoms. The van der Waals surface area contributed by atoms with Gasteiger partial charge in [-0.1, -0.05) is 6.92 Å². The number of alkyl halides is 2. The molecular formula is C20H22F4N4O3S. The van der Waals surface area contributed by atoms with Crippen molar-refractivity contribution < 1.29 is 31.3 Å². The van der Waals surface area contributed by atoms with Gasteiger partial charge < -0.3 is 15.0 Å². The standard InChI is InChI=1S/C20H22F4N4O3S/c1-20(19(23)24)9-14(18(29)27-11-6-7-26-15(8-11)32(3,25)30)28(10-20)13-5-4-12(21)16(22)17(13)31-2/h4-8,14,19,25H,9-10H2,1-3H3,(H,26,27,29)/t14-,20+,32-/m1/s1. The first-order valence-electron chi connectivity index (χ1n) is 9.45. The molecule has 1 aliphatic rings. The largest absolute Gasteiger partial charge is 0.491 e. The number of anilines is 2. The van der Waals surface area contributed by atoms with E-state index in [1.54, 1.807) is 0 Å². The third kappa shape index (κ3) is 4.50. The van der Waals surface area contributed by atoms with Gasteiger partial charge in [0.1, 0.15) is 11.1 Å². The van der Waals surface area contributed by atoms with E-state index in [1.165, 1.54) is 42.5 Å². The predicted molar refractivity (Wildman–Crippen MR) is 111 cm³/mol. The number of nitrogens with zero attached hydrogens (tertiary/aromatic N) is 2. The summed E-state index contributed by atoms with van der Waals surface area (Å²) in [7, 11) is -2.04. The molecule has 1 amide bonds. The fraction of sp³-hybridized carbons (Fsp3) is 0.400. The van der Waals surface area contributed by atoms with Crippen LogP contribution < -0.4 is 15.0 Å². The van der Waals surface area contributed by atoms with Gasteiger partial charge in [0.15, 0.2) is 11.6 Å². The lowest BCUT2D eigenvalue weighted by Gasteiger charge is -2.28. The molecule has 0 radical (unpaired) electrons. The van der Waals surface area contributed by atoms with Crippen LogP contribution in [0.25, 0.3) is 0 Å². The van der Waals surface area contributed by atoms with Crippen LogP contribution in [-0.4, -0.2) is 47.5 Å². The maximum Gasteiger partial charge on any atom is 0.247 e. The molecule has 0 saturated carbocycles. The van der Waals surface area contributed by atoms with Crippen LogP contribution in [0.1, 0.15) is 13.3 Å². The second-order valence-corrected chi connectivity index (χ2v) is 10.0. The van der Waals surface area contributed by atoms with E-state index in [-0.39, 0.29) is 29.4 Å². The van der Waals surface area contributed by atoms with E-state index >= 15 is 0 Å². The van der Waals surface area contributed by atoms with Crippen LogP contribution in [-0.2, 0) is 14.5 Å². The van der Waals surface area contributed by atoms with E-state index in [0.29, 0.717) is 0 Å². The summed E-state index contributed by atoms with van der Waals surface area (Å²) in [6.07, 6.45) is -0.612. The molecule has 0 aliphatic carbocycles. The number of rotatable bonds is 6. The van der Waals surface area contributed by atoms with E-state index in [0.717, 1.165) is 13.2 Å². The molecule has 1 aromatic carbocycles. The van der Waals surface area contributed by atoms with Gasteiger partial charge in [0.2, 0.25) is 18.1 Å². The molecule has 0 bridgehead atoms. The normalized spacial score (nSPS) is 22.6. The van der Waals surface area contributed by atoms with Crippen molar-refractivity contribution in [2.75, 3.05) is 30.1 Å². The zero-order valence-electron chi connectivity index (χ0n) is 17.5. The SMILES string of the molecule is COc1c(N2C[C@@](C)(C(F)F)C[C@@H]2C(=O)Nc2ccnc([S@](C)(=N)=O)c2)ccc(F)c1F. The Morgan fingerprint density at radius 3 is 2.66 bits per heavy atom. The van der Waals surface area contributed by atoms with Crippen LogP contribution >= 0.6 is 0 Å². The third-order valence-corrected chi connectivity index (χ3v) is 6.36. The number of pyridine rings is 1. The number of carbonyl (C=O) groups is 1. The second kappa shape index (κ2) is 8.57. The van der Waals surface area contributed by atoms with Crippen LogP contribution in [0.5, 0.6) is 5.75 Å². The molecule has 12 heteroatoms. The Balaban J connectivity index is 1.99. The number of amides is 1. The average molecular weight is 474 g/mol. The number of hydrogen-bond donors (Lipinski definition) is 2. The Morgan fingerprint density at radius 2 is 2.06 bits per heavy atom. The summed E-state index contributed by atoms with van der Waals surface area (Å²) in [5.41, 5.74) is -1.46. The molecular weight excluding hydrogens is 452 g/mol. The van der Waals surface area contributed by atoms with Gasteiger partial charge in [-0.15, -0.1) is 0 Å². The van der Waals surface area contributed by atoms with Crippen molar-refractivity contribution in [2.45, 2.75) is 30.8 Å². The van der Waals surface area contributed by atoms with E-state index in [4.69, 9.17) is 9.52 Å². The zero-order chi connectivity index (χ0) is 23.8. The van der Waals surface area contributed by atoms with E-state index in [9.17, 15) is 26.6 Å². The Hall–Kier alpha value is -2.89. The summed E-state index contributed by atoms with van der Waals surface area (Å²) in [4.78, 5) is 18.2. The van der Waals surface area contributed by atoms with Crippen molar-refractivity contribution in [3.63, 3.8) is 0 Å². The fourth-order valence-corrected chi connectivity index (χ4v) is 4.24. The minimum atomic E-state index is -3.15. The first-order chi connectivity index (χ1) is 14.9.